The fraction of sp³-hybridized carbons (Fsp3) is 0.292. The standard InChI is InChI=1S/C24H21Br2N3O2/c1-2-12-31-22-11-8-16(13-20(22)26)15-27-29-23(17-6-4-3-5-7-17)28-21-10-9-18(25)14-19(21)24(29)30/h1,8-11,13-15,17H,3-7,12H2. The van der Waals surface area contributed by atoms with Gasteiger partial charge in [0.05, 0.1) is 21.6 Å². The summed E-state index contributed by atoms with van der Waals surface area (Å²) in [6.45, 7) is 0.199. The molecule has 1 fully saturated rings. The summed E-state index contributed by atoms with van der Waals surface area (Å²) in [6.07, 6.45) is 12.5. The zero-order chi connectivity index (χ0) is 21.8. The quantitative estimate of drug-likeness (QED) is 0.299. The number of ether oxygens (including phenoxy) is 1. The minimum Gasteiger partial charge on any atom is -0.480 e. The fourth-order valence-electron chi connectivity index (χ4n) is 3.86. The maximum Gasteiger partial charge on any atom is 0.282 e. The van der Waals surface area contributed by atoms with E-state index in [4.69, 9.17) is 16.1 Å². The van der Waals surface area contributed by atoms with Crippen LogP contribution in [-0.4, -0.2) is 22.5 Å². The second-order valence-corrected chi connectivity index (χ2v) is 9.28. The molecule has 2 aromatic carbocycles. The molecule has 0 atom stereocenters. The average Bonchev–Trinajstić information content (AvgIpc) is 2.78. The van der Waals surface area contributed by atoms with Crippen molar-refractivity contribution in [2.24, 2.45) is 5.10 Å². The topological polar surface area (TPSA) is 56.5 Å². The van der Waals surface area contributed by atoms with Gasteiger partial charge in [0.1, 0.15) is 18.2 Å². The summed E-state index contributed by atoms with van der Waals surface area (Å²) in [5.41, 5.74) is 1.38. The first kappa shape index (κ1) is 21.8. The Kier molecular flexibility index (Phi) is 6.89. The van der Waals surface area contributed by atoms with Crippen molar-refractivity contribution in [3.8, 4) is 18.1 Å². The minimum absolute atomic E-state index is 0.156. The van der Waals surface area contributed by atoms with Crippen molar-refractivity contribution in [2.45, 2.75) is 38.0 Å². The van der Waals surface area contributed by atoms with Crippen LogP contribution >= 0.6 is 31.9 Å². The Morgan fingerprint density at radius 3 is 2.74 bits per heavy atom. The number of rotatable bonds is 5. The van der Waals surface area contributed by atoms with Gasteiger partial charge in [-0.3, -0.25) is 4.79 Å². The SMILES string of the molecule is C#CCOc1ccc(C=Nn2c(C3CCCCC3)nc3ccc(Br)cc3c2=O)cc1Br. The molecule has 4 rings (SSSR count). The van der Waals surface area contributed by atoms with Crippen LogP contribution in [-0.2, 0) is 0 Å². The normalized spacial score (nSPS) is 14.7. The van der Waals surface area contributed by atoms with E-state index >= 15 is 0 Å². The lowest BCUT2D eigenvalue weighted by Crippen LogP contribution is -2.25. The lowest BCUT2D eigenvalue weighted by atomic mass is 9.88. The van der Waals surface area contributed by atoms with Crippen LogP contribution in [0.15, 0.2) is 55.2 Å². The van der Waals surface area contributed by atoms with E-state index in [2.05, 4.69) is 42.9 Å². The third kappa shape index (κ3) is 4.91. The molecule has 31 heavy (non-hydrogen) atoms. The molecule has 0 spiro atoms. The molecule has 1 saturated carbocycles. The highest BCUT2D eigenvalue weighted by atomic mass is 79.9. The number of hydrogen-bond donors (Lipinski definition) is 0. The first-order chi connectivity index (χ1) is 15.1. The Morgan fingerprint density at radius 1 is 1.19 bits per heavy atom. The van der Waals surface area contributed by atoms with E-state index < -0.39 is 0 Å². The Hall–Kier alpha value is -2.43. The van der Waals surface area contributed by atoms with E-state index in [1.54, 1.807) is 12.3 Å². The van der Waals surface area contributed by atoms with Gasteiger partial charge >= 0.3 is 0 Å². The van der Waals surface area contributed by atoms with E-state index in [0.29, 0.717) is 16.7 Å². The van der Waals surface area contributed by atoms with Gasteiger partial charge in [-0.25, -0.2) is 4.98 Å². The molecule has 0 radical (unpaired) electrons. The third-order valence-corrected chi connectivity index (χ3v) is 6.51. The van der Waals surface area contributed by atoms with E-state index in [1.807, 2.05) is 30.3 Å². The fourth-order valence-corrected chi connectivity index (χ4v) is 4.73. The van der Waals surface area contributed by atoms with Crippen molar-refractivity contribution < 1.29 is 4.74 Å². The van der Waals surface area contributed by atoms with Crippen LogP contribution < -0.4 is 10.3 Å². The van der Waals surface area contributed by atoms with Crippen LogP contribution in [0.1, 0.15) is 49.4 Å². The molecule has 0 saturated heterocycles. The van der Waals surface area contributed by atoms with Gasteiger partial charge in [0.25, 0.3) is 5.56 Å². The molecule has 1 aromatic heterocycles. The van der Waals surface area contributed by atoms with Crippen molar-refractivity contribution >= 4 is 49.0 Å². The second-order valence-electron chi connectivity index (χ2n) is 7.51. The number of nitrogens with zero attached hydrogens (tertiary/aromatic N) is 3. The summed E-state index contributed by atoms with van der Waals surface area (Å²) in [5.74, 6) is 4.08. The predicted molar refractivity (Wildman–Crippen MR) is 131 cm³/mol. The van der Waals surface area contributed by atoms with E-state index in [-0.39, 0.29) is 18.1 Å². The van der Waals surface area contributed by atoms with Gasteiger partial charge in [0.2, 0.25) is 0 Å². The maximum absolute atomic E-state index is 13.3. The largest absolute Gasteiger partial charge is 0.480 e. The number of halogens is 2. The third-order valence-electron chi connectivity index (χ3n) is 5.39. The van der Waals surface area contributed by atoms with Crippen molar-refractivity contribution in [3.63, 3.8) is 0 Å². The monoisotopic (exact) mass is 541 g/mol. The number of fused-ring (bicyclic) bond motifs is 1. The average molecular weight is 543 g/mol. The van der Waals surface area contributed by atoms with Gasteiger partial charge in [0.15, 0.2) is 0 Å². The molecule has 0 N–H and O–H groups in total. The highest BCUT2D eigenvalue weighted by Crippen LogP contribution is 2.32. The summed E-state index contributed by atoms with van der Waals surface area (Å²) in [5, 5.41) is 5.12. The molecular weight excluding hydrogens is 522 g/mol. The Balaban J connectivity index is 1.76. The first-order valence-electron chi connectivity index (χ1n) is 10.2. The molecule has 0 unspecified atom stereocenters. The van der Waals surface area contributed by atoms with Gasteiger partial charge in [-0.1, -0.05) is 41.1 Å². The van der Waals surface area contributed by atoms with E-state index in [1.165, 1.54) is 11.1 Å². The van der Waals surface area contributed by atoms with Crippen LogP contribution in [0, 0.1) is 12.3 Å². The number of hydrogen-bond acceptors (Lipinski definition) is 4. The molecule has 1 aliphatic carbocycles. The summed E-state index contributed by atoms with van der Waals surface area (Å²) >= 11 is 6.95. The molecular formula is C24H21Br2N3O2. The zero-order valence-corrected chi connectivity index (χ0v) is 20.0. The summed E-state index contributed by atoms with van der Waals surface area (Å²) in [6, 6.07) is 11.2. The molecule has 0 aliphatic heterocycles. The molecule has 5 nitrogen and oxygen atoms in total. The smallest absolute Gasteiger partial charge is 0.282 e. The summed E-state index contributed by atoms with van der Waals surface area (Å²) < 4.78 is 8.57. The lowest BCUT2D eigenvalue weighted by Gasteiger charge is -2.22. The highest BCUT2D eigenvalue weighted by molar-refractivity contribution is 9.10. The van der Waals surface area contributed by atoms with Gasteiger partial charge < -0.3 is 4.74 Å². The van der Waals surface area contributed by atoms with Crippen molar-refractivity contribution in [2.75, 3.05) is 6.61 Å². The van der Waals surface area contributed by atoms with Crippen molar-refractivity contribution in [1.29, 1.82) is 0 Å². The number of terminal acetylenes is 1. The van der Waals surface area contributed by atoms with Gasteiger partial charge in [-0.15, -0.1) is 6.42 Å². The summed E-state index contributed by atoms with van der Waals surface area (Å²) in [4.78, 5) is 18.2. The zero-order valence-electron chi connectivity index (χ0n) is 16.9. The maximum atomic E-state index is 13.3. The second kappa shape index (κ2) is 9.80. The Bertz CT molecular complexity index is 1240. The van der Waals surface area contributed by atoms with Gasteiger partial charge in [0, 0.05) is 10.4 Å². The molecule has 0 bridgehead atoms. The van der Waals surface area contributed by atoms with Gasteiger partial charge in [-0.05, 0) is 70.7 Å². The number of aromatic nitrogens is 2. The van der Waals surface area contributed by atoms with Crippen LogP contribution in [0.5, 0.6) is 5.75 Å². The van der Waals surface area contributed by atoms with Gasteiger partial charge in [-0.2, -0.15) is 9.78 Å². The van der Waals surface area contributed by atoms with Crippen LogP contribution in [0.2, 0.25) is 0 Å². The molecule has 158 valence electrons. The van der Waals surface area contributed by atoms with Crippen LogP contribution in [0.25, 0.3) is 10.9 Å². The molecule has 1 heterocycles. The molecule has 0 amide bonds. The first-order valence-corrected chi connectivity index (χ1v) is 11.8. The minimum atomic E-state index is -0.156. The van der Waals surface area contributed by atoms with E-state index in [9.17, 15) is 4.79 Å². The lowest BCUT2D eigenvalue weighted by molar-refractivity contribution is 0.368. The number of benzene rings is 2. The van der Waals surface area contributed by atoms with Crippen molar-refractivity contribution in [1.82, 2.24) is 9.66 Å². The summed E-state index contributed by atoms with van der Waals surface area (Å²) in [7, 11) is 0. The molecule has 3 aromatic rings. The predicted octanol–water partition coefficient (Wildman–Crippen LogP) is 5.86. The van der Waals surface area contributed by atoms with Crippen LogP contribution in [0.4, 0.5) is 0 Å². The molecule has 1 aliphatic rings. The Morgan fingerprint density at radius 2 is 2.00 bits per heavy atom. The highest BCUT2D eigenvalue weighted by Gasteiger charge is 2.22. The van der Waals surface area contributed by atoms with E-state index in [0.717, 1.165) is 46.0 Å². The molecule has 7 heteroatoms. The Labute approximate surface area is 197 Å². The van der Waals surface area contributed by atoms with Crippen LogP contribution in [0.3, 0.4) is 0 Å². The van der Waals surface area contributed by atoms with Crippen molar-refractivity contribution in [3.05, 3.63) is 67.1 Å².